The van der Waals surface area contributed by atoms with Gasteiger partial charge in [0.25, 0.3) is 0 Å². The molecule has 4 nitrogen and oxygen atoms in total. The molecule has 2 aromatic rings. The molecule has 10 heteroatoms. The summed E-state index contributed by atoms with van der Waals surface area (Å²) in [5.41, 5.74) is 4.34. The number of nitrogens with zero attached hydrogens (tertiary/aromatic N) is 1. The number of hydrogen-bond acceptors (Lipinski definition) is 3. The lowest BCUT2D eigenvalue weighted by Crippen LogP contribution is -2.24. The summed E-state index contributed by atoms with van der Waals surface area (Å²) >= 11 is 31.9. The van der Waals surface area contributed by atoms with Crippen LogP contribution in [0.5, 0.6) is 0 Å². The van der Waals surface area contributed by atoms with Gasteiger partial charge in [-0.3, -0.25) is 0 Å². The van der Waals surface area contributed by atoms with E-state index in [4.69, 9.17) is 58.0 Å². The van der Waals surface area contributed by atoms with E-state index in [0.29, 0.717) is 36.6 Å². The highest BCUT2D eigenvalue weighted by atomic mass is 35.5. The number of fused-ring (bicyclic) bond motifs is 1. The van der Waals surface area contributed by atoms with Crippen molar-refractivity contribution in [3.63, 3.8) is 0 Å². The largest absolute Gasteiger partial charge is 0.339 e. The van der Waals surface area contributed by atoms with E-state index in [1.807, 2.05) is 0 Å². The fourth-order valence-electron chi connectivity index (χ4n) is 2.25. The molecule has 2 N–H and O–H groups in total. The van der Waals surface area contributed by atoms with Gasteiger partial charge in [0.2, 0.25) is 0 Å². The maximum absolute atomic E-state index is 11.9. The quantitative estimate of drug-likeness (QED) is 0.361. The van der Waals surface area contributed by atoms with E-state index in [1.165, 1.54) is 24.0 Å². The molecule has 0 aromatic heterocycles. The van der Waals surface area contributed by atoms with Gasteiger partial charge in [0, 0.05) is 32.5 Å². The second-order valence-electron chi connectivity index (χ2n) is 5.35. The number of rotatable bonds is 3. The number of halogens is 5. The topological polar surface area (TPSA) is 53.5 Å². The summed E-state index contributed by atoms with van der Waals surface area (Å²) in [6, 6.07) is 7.63. The number of nitrogens with one attached hydrogen (secondary N) is 2. The Kier molecular flexibility index (Phi) is 6.84. The normalized spacial score (nSPS) is 13.7. The van der Waals surface area contributed by atoms with Crippen molar-refractivity contribution >= 4 is 92.7 Å². The second-order valence-corrected chi connectivity index (χ2v) is 8.37. The number of hydrazone groups is 1. The van der Waals surface area contributed by atoms with Crippen LogP contribution in [0.15, 0.2) is 45.9 Å². The van der Waals surface area contributed by atoms with E-state index in [-0.39, 0.29) is 0 Å². The predicted molar refractivity (Wildman–Crippen MR) is 117 cm³/mol. The third-order valence-corrected chi connectivity index (χ3v) is 6.46. The second kappa shape index (κ2) is 8.95. The molecule has 3 rings (SSSR count). The van der Waals surface area contributed by atoms with Crippen LogP contribution in [0.1, 0.15) is 5.56 Å². The molecule has 140 valence electrons. The Morgan fingerprint density at radius 3 is 2.56 bits per heavy atom. The lowest BCUT2D eigenvalue weighted by molar-refractivity contribution is 0.252. The number of urea groups is 1. The highest BCUT2D eigenvalue weighted by molar-refractivity contribution is 7.99. The maximum atomic E-state index is 11.9. The lowest BCUT2D eigenvalue weighted by atomic mass is 10.1. The molecular formula is C17H10Cl5N3OS. The van der Waals surface area contributed by atoms with Crippen LogP contribution >= 0.6 is 69.8 Å². The molecule has 1 aliphatic heterocycles. The molecule has 1 aliphatic rings. The van der Waals surface area contributed by atoms with E-state index in [2.05, 4.69) is 15.8 Å². The first-order valence-electron chi connectivity index (χ1n) is 7.41. The lowest BCUT2D eigenvalue weighted by Gasteiger charge is -2.18. The van der Waals surface area contributed by atoms with E-state index in [1.54, 1.807) is 24.3 Å². The molecule has 0 saturated heterocycles. The van der Waals surface area contributed by atoms with Gasteiger partial charge >= 0.3 is 6.03 Å². The first kappa shape index (κ1) is 20.6. The zero-order valence-electron chi connectivity index (χ0n) is 13.3. The summed E-state index contributed by atoms with van der Waals surface area (Å²) in [5, 5.41) is 8.80. The number of carbonyl (C=O) groups excluding carboxylic acids is 1. The van der Waals surface area contributed by atoms with Gasteiger partial charge in [0.05, 0.1) is 26.3 Å². The molecule has 2 aromatic carbocycles. The Labute approximate surface area is 184 Å². The van der Waals surface area contributed by atoms with Gasteiger partial charge in [-0.25, -0.2) is 10.2 Å². The van der Waals surface area contributed by atoms with E-state index in [9.17, 15) is 4.79 Å². The van der Waals surface area contributed by atoms with Crippen LogP contribution in [0, 0.1) is 0 Å². The highest BCUT2D eigenvalue weighted by Crippen LogP contribution is 2.43. The third kappa shape index (κ3) is 5.05. The molecule has 0 spiro atoms. The molecular weight excluding hydrogens is 472 g/mol. The number of carbonyl (C=O) groups is 1. The first-order chi connectivity index (χ1) is 12.8. The number of thioether (sulfide) groups is 1. The van der Waals surface area contributed by atoms with Gasteiger partial charge in [-0.2, -0.15) is 5.10 Å². The summed E-state index contributed by atoms with van der Waals surface area (Å²) < 4.78 is 0. The van der Waals surface area contributed by atoms with Crippen molar-refractivity contribution in [2.45, 2.75) is 4.90 Å². The molecule has 2 amide bonds. The minimum atomic E-state index is -0.531. The van der Waals surface area contributed by atoms with Crippen molar-refractivity contribution in [3.05, 3.63) is 61.6 Å². The molecule has 27 heavy (non-hydrogen) atoms. The van der Waals surface area contributed by atoms with Crippen LogP contribution < -0.4 is 10.7 Å². The first-order valence-corrected chi connectivity index (χ1v) is 10.3. The van der Waals surface area contributed by atoms with Gasteiger partial charge in [0.15, 0.2) is 0 Å². The van der Waals surface area contributed by atoms with Gasteiger partial charge in [-0.05, 0) is 30.3 Å². The zero-order valence-corrected chi connectivity index (χ0v) is 17.9. The zero-order chi connectivity index (χ0) is 19.6. The molecule has 0 fully saturated rings. The summed E-state index contributed by atoms with van der Waals surface area (Å²) in [6.45, 7) is 0. The van der Waals surface area contributed by atoms with Crippen molar-refractivity contribution < 1.29 is 4.79 Å². The Morgan fingerprint density at radius 1 is 1.04 bits per heavy atom. The number of hydrogen-bond donors (Lipinski definition) is 2. The molecule has 0 unspecified atom stereocenters. The van der Waals surface area contributed by atoms with Crippen LogP contribution in [0.4, 0.5) is 10.5 Å². The summed E-state index contributed by atoms with van der Waals surface area (Å²) in [7, 11) is 0. The SMILES string of the molecule is O=C(N/N=C/C1=C(Cl)c2cc(Cl)cc(Cl)c2SC1)Nc1ccc(Cl)c(Cl)c1. The maximum Gasteiger partial charge on any atom is 0.339 e. The fraction of sp³-hybridized carbons (Fsp3) is 0.0588. The average molecular weight is 482 g/mol. The number of benzene rings is 2. The monoisotopic (exact) mass is 479 g/mol. The standard InChI is InChI=1S/C17H10Cl5N3OS/c18-9-3-11-15(22)8(7-27-16(11)14(21)4-9)6-23-25-17(26)24-10-1-2-12(19)13(20)5-10/h1-6H,7H2,(H2,24,25,26)/b23-6+. The predicted octanol–water partition coefficient (Wildman–Crippen LogP) is 7.16. The third-order valence-electron chi connectivity index (χ3n) is 3.46. The Morgan fingerprint density at radius 2 is 1.81 bits per heavy atom. The van der Waals surface area contributed by atoms with Crippen molar-refractivity contribution in [3.8, 4) is 0 Å². The average Bonchev–Trinajstić information content (AvgIpc) is 2.60. The molecule has 0 radical (unpaired) electrons. The minimum Gasteiger partial charge on any atom is -0.306 e. The summed E-state index contributed by atoms with van der Waals surface area (Å²) in [6.07, 6.45) is 1.49. The molecule has 0 aliphatic carbocycles. The van der Waals surface area contributed by atoms with Gasteiger partial charge in [-0.1, -0.05) is 58.0 Å². The number of amides is 2. The van der Waals surface area contributed by atoms with Gasteiger partial charge < -0.3 is 5.32 Å². The Hall–Kier alpha value is -1.08. The molecule has 0 bridgehead atoms. The van der Waals surface area contributed by atoms with Crippen LogP contribution in [-0.2, 0) is 0 Å². The Balaban J connectivity index is 1.68. The molecule has 0 saturated carbocycles. The van der Waals surface area contributed by atoms with Gasteiger partial charge in [0.1, 0.15) is 0 Å². The van der Waals surface area contributed by atoms with Gasteiger partial charge in [-0.15, -0.1) is 11.8 Å². The minimum absolute atomic E-state index is 0.338. The van der Waals surface area contributed by atoms with Crippen molar-refractivity contribution in [2.75, 3.05) is 11.1 Å². The highest BCUT2D eigenvalue weighted by Gasteiger charge is 2.20. The van der Waals surface area contributed by atoms with Crippen LogP contribution in [0.2, 0.25) is 20.1 Å². The van der Waals surface area contributed by atoms with E-state index >= 15 is 0 Å². The van der Waals surface area contributed by atoms with Crippen molar-refractivity contribution in [1.82, 2.24) is 5.43 Å². The van der Waals surface area contributed by atoms with Crippen LogP contribution in [0.25, 0.3) is 5.03 Å². The van der Waals surface area contributed by atoms with Crippen LogP contribution in [-0.4, -0.2) is 18.0 Å². The fourth-order valence-corrected chi connectivity index (χ4v) is 4.64. The van der Waals surface area contributed by atoms with Crippen molar-refractivity contribution in [2.24, 2.45) is 5.10 Å². The van der Waals surface area contributed by atoms with Crippen molar-refractivity contribution in [1.29, 1.82) is 0 Å². The number of anilines is 1. The molecule has 1 heterocycles. The Bertz CT molecular complexity index is 977. The van der Waals surface area contributed by atoms with E-state index in [0.717, 1.165) is 16.0 Å². The van der Waals surface area contributed by atoms with E-state index < -0.39 is 6.03 Å². The summed E-state index contributed by atoms with van der Waals surface area (Å²) in [4.78, 5) is 12.8. The summed E-state index contributed by atoms with van der Waals surface area (Å²) in [5.74, 6) is 0.562. The molecule has 0 atom stereocenters. The van der Waals surface area contributed by atoms with Crippen LogP contribution in [0.3, 0.4) is 0 Å². The smallest absolute Gasteiger partial charge is 0.306 e.